The maximum Gasteiger partial charge on any atom is 0.0945 e. The van der Waals surface area contributed by atoms with Crippen LogP contribution in [0.5, 0.6) is 0 Å². The lowest BCUT2D eigenvalue weighted by Crippen LogP contribution is -2.11. The quantitative estimate of drug-likeness (QED) is 0.460. The SMILES string of the molecule is Clc1ccc(CSC(CCn2ccnc2)Cc2ccccc2)c(Cl)c1. The number of imidazole rings is 1. The molecule has 25 heavy (non-hydrogen) atoms. The maximum atomic E-state index is 6.32. The maximum absolute atomic E-state index is 6.32. The lowest BCUT2D eigenvalue weighted by Gasteiger charge is -2.18. The molecule has 0 bridgehead atoms. The topological polar surface area (TPSA) is 17.8 Å². The van der Waals surface area contributed by atoms with Crippen LogP contribution in [-0.4, -0.2) is 14.8 Å². The van der Waals surface area contributed by atoms with Crippen LogP contribution in [0.4, 0.5) is 0 Å². The fourth-order valence-electron chi connectivity index (χ4n) is 2.68. The van der Waals surface area contributed by atoms with Gasteiger partial charge < -0.3 is 4.57 Å². The highest BCUT2D eigenvalue weighted by molar-refractivity contribution is 7.99. The summed E-state index contributed by atoms with van der Waals surface area (Å²) in [4.78, 5) is 4.12. The lowest BCUT2D eigenvalue weighted by atomic mass is 10.1. The Morgan fingerprint density at radius 1 is 1.08 bits per heavy atom. The second kappa shape index (κ2) is 9.33. The van der Waals surface area contributed by atoms with Crippen LogP contribution in [-0.2, 0) is 18.7 Å². The molecule has 2 nitrogen and oxygen atoms in total. The molecule has 130 valence electrons. The molecule has 0 saturated carbocycles. The van der Waals surface area contributed by atoms with Crippen LogP contribution < -0.4 is 0 Å². The Balaban J connectivity index is 1.64. The third-order valence-corrected chi connectivity index (χ3v) is 6.00. The second-order valence-electron chi connectivity index (χ2n) is 5.95. The molecule has 0 aliphatic rings. The van der Waals surface area contributed by atoms with Crippen molar-refractivity contribution in [2.75, 3.05) is 0 Å². The van der Waals surface area contributed by atoms with E-state index in [1.54, 1.807) is 0 Å². The summed E-state index contributed by atoms with van der Waals surface area (Å²) in [5, 5.41) is 1.93. The number of hydrogen-bond acceptors (Lipinski definition) is 2. The van der Waals surface area contributed by atoms with Crippen molar-refractivity contribution in [3.05, 3.63) is 88.4 Å². The van der Waals surface area contributed by atoms with E-state index in [9.17, 15) is 0 Å². The van der Waals surface area contributed by atoms with Gasteiger partial charge in [0.1, 0.15) is 0 Å². The molecular formula is C20H20Cl2N2S. The normalized spacial score (nSPS) is 12.2. The van der Waals surface area contributed by atoms with Crippen LogP contribution in [0.15, 0.2) is 67.3 Å². The van der Waals surface area contributed by atoms with Gasteiger partial charge in [0.2, 0.25) is 0 Å². The Morgan fingerprint density at radius 2 is 1.92 bits per heavy atom. The van der Waals surface area contributed by atoms with E-state index in [1.165, 1.54) is 5.56 Å². The third kappa shape index (κ3) is 5.81. The number of hydrogen-bond donors (Lipinski definition) is 0. The summed E-state index contributed by atoms with van der Waals surface area (Å²) in [5.41, 5.74) is 2.50. The van der Waals surface area contributed by atoms with Crippen LogP contribution in [0.3, 0.4) is 0 Å². The molecule has 0 N–H and O–H groups in total. The molecule has 0 aliphatic carbocycles. The first-order valence-electron chi connectivity index (χ1n) is 8.26. The van der Waals surface area contributed by atoms with Gasteiger partial charge in [-0.15, -0.1) is 0 Å². The zero-order valence-electron chi connectivity index (χ0n) is 13.8. The van der Waals surface area contributed by atoms with Crippen molar-refractivity contribution in [3.63, 3.8) is 0 Å². The Hall–Kier alpha value is -1.42. The molecule has 0 fully saturated rings. The molecule has 3 rings (SSSR count). The predicted octanol–water partition coefficient (Wildman–Crippen LogP) is 6.12. The Morgan fingerprint density at radius 3 is 2.64 bits per heavy atom. The molecule has 1 unspecified atom stereocenters. The van der Waals surface area contributed by atoms with Crippen LogP contribution in [0.1, 0.15) is 17.5 Å². The van der Waals surface area contributed by atoms with E-state index in [1.807, 2.05) is 48.7 Å². The van der Waals surface area contributed by atoms with Crippen molar-refractivity contribution in [1.82, 2.24) is 9.55 Å². The summed E-state index contributed by atoms with van der Waals surface area (Å²) in [7, 11) is 0. The number of thioether (sulfide) groups is 1. The van der Waals surface area contributed by atoms with Crippen molar-refractivity contribution in [2.24, 2.45) is 0 Å². The van der Waals surface area contributed by atoms with E-state index in [4.69, 9.17) is 23.2 Å². The first-order valence-corrected chi connectivity index (χ1v) is 10.1. The van der Waals surface area contributed by atoms with Gasteiger partial charge in [0, 0.05) is 40.0 Å². The van der Waals surface area contributed by atoms with Crippen molar-refractivity contribution in [1.29, 1.82) is 0 Å². The zero-order chi connectivity index (χ0) is 17.5. The monoisotopic (exact) mass is 390 g/mol. The average Bonchev–Trinajstić information content (AvgIpc) is 3.13. The molecule has 0 amide bonds. The minimum Gasteiger partial charge on any atom is -0.337 e. The molecule has 5 heteroatoms. The Labute approximate surface area is 163 Å². The van der Waals surface area contributed by atoms with Gasteiger partial charge in [-0.25, -0.2) is 4.98 Å². The standard InChI is InChI=1S/C20H20Cl2N2S/c21-18-7-6-17(20(22)13-18)14-25-19(8-10-24-11-9-23-15-24)12-16-4-2-1-3-5-16/h1-7,9,11,13,15,19H,8,10,12,14H2. The van der Waals surface area contributed by atoms with E-state index >= 15 is 0 Å². The molecular weight excluding hydrogens is 371 g/mol. The minimum absolute atomic E-state index is 0.511. The van der Waals surface area contributed by atoms with Crippen LogP contribution in [0.2, 0.25) is 10.0 Å². The number of aromatic nitrogens is 2. The van der Waals surface area contributed by atoms with Gasteiger partial charge in [-0.2, -0.15) is 11.8 Å². The highest BCUT2D eigenvalue weighted by Crippen LogP contribution is 2.29. The summed E-state index contributed by atoms with van der Waals surface area (Å²) in [6.45, 7) is 0.971. The van der Waals surface area contributed by atoms with Crippen molar-refractivity contribution >= 4 is 35.0 Å². The Kier molecular flexibility index (Phi) is 6.85. The molecule has 1 heterocycles. The highest BCUT2D eigenvalue weighted by atomic mass is 35.5. The number of nitrogens with zero attached hydrogens (tertiary/aromatic N) is 2. The van der Waals surface area contributed by atoms with E-state index in [2.05, 4.69) is 39.9 Å². The summed E-state index contributed by atoms with van der Waals surface area (Å²) in [6, 6.07) is 16.4. The van der Waals surface area contributed by atoms with Crippen LogP contribution in [0.25, 0.3) is 0 Å². The number of aryl methyl sites for hydroxylation is 1. The van der Waals surface area contributed by atoms with Crippen LogP contribution >= 0.6 is 35.0 Å². The first-order chi connectivity index (χ1) is 12.2. The van der Waals surface area contributed by atoms with Crippen LogP contribution in [0, 0.1) is 0 Å². The molecule has 0 radical (unpaired) electrons. The van der Waals surface area contributed by atoms with E-state index < -0.39 is 0 Å². The van der Waals surface area contributed by atoms with Crippen molar-refractivity contribution in [3.8, 4) is 0 Å². The van der Waals surface area contributed by atoms with Gasteiger partial charge in [0.15, 0.2) is 0 Å². The fourth-order valence-corrected chi connectivity index (χ4v) is 4.48. The fraction of sp³-hybridized carbons (Fsp3) is 0.250. The molecule has 0 aliphatic heterocycles. The van der Waals surface area contributed by atoms with Crippen molar-refractivity contribution < 1.29 is 0 Å². The Bertz CT molecular complexity index is 776. The predicted molar refractivity (Wildman–Crippen MR) is 109 cm³/mol. The minimum atomic E-state index is 0.511. The summed E-state index contributed by atoms with van der Waals surface area (Å²) >= 11 is 14.3. The molecule has 1 aromatic heterocycles. The summed E-state index contributed by atoms with van der Waals surface area (Å²) in [5.74, 6) is 0.886. The lowest BCUT2D eigenvalue weighted by molar-refractivity contribution is 0.619. The van der Waals surface area contributed by atoms with Gasteiger partial charge in [0.25, 0.3) is 0 Å². The van der Waals surface area contributed by atoms with E-state index in [0.717, 1.165) is 35.7 Å². The third-order valence-electron chi connectivity index (χ3n) is 4.06. The van der Waals surface area contributed by atoms with Gasteiger partial charge in [-0.1, -0.05) is 59.6 Å². The van der Waals surface area contributed by atoms with Gasteiger partial charge in [0.05, 0.1) is 6.33 Å². The first kappa shape index (κ1) is 18.4. The summed E-state index contributed by atoms with van der Waals surface area (Å²) in [6.07, 6.45) is 7.85. The van der Waals surface area contributed by atoms with E-state index in [-0.39, 0.29) is 0 Å². The molecule has 2 aromatic carbocycles. The number of halogens is 2. The summed E-state index contributed by atoms with van der Waals surface area (Å²) < 4.78 is 2.13. The molecule has 0 spiro atoms. The zero-order valence-corrected chi connectivity index (χ0v) is 16.1. The highest BCUT2D eigenvalue weighted by Gasteiger charge is 2.12. The number of benzene rings is 2. The molecule has 3 aromatic rings. The van der Waals surface area contributed by atoms with Gasteiger partial charge >= 0.3 is 0 Å². The largest absolute Gasteiger partial charge is 0.337 e. The van der Waals surface area contributed by atoms with Crippen molar-refractivity contribution in [2.45, 2.75) is 30.4 Å². The van der Waals surface area contributed by atoms with E-state index in [0.29, 0.717) is 10.3 Å². The second-order valence-corrected chi connectivity index (χ2v) is 8.08. The average molecular weight is 391 g/mol. The number of rotatable bonds is 8. The molecule has 0 saturated heterocycles. The van der Waals surface area contributed by atoms with Gasteiger partial charge in [-0.05, 0) is 36.1 Å². The van der Waals surface area contributed by atoms with Gasteiger partial charge in [-0.3, -0.25) is 0 Å². The molecule has 1 atom stereocenters. The smallest absolute Gasteiger partial charge is 0.0945 e.